The fourth-order valence-electron chi connectivity index (χ4n) is 2.00. The number of hydrogen-bond donors (Lipinski definition) is 2. The molecule has 1 aromatic heterocycles. The van der Waals surface area contributed by atoms with Crippen LogP contribution in [0.4, 0.5) is 9.80 Å². The lowest BCUT2D eigenvalue weighted by Crippen LogP contribution is -2.50. The van der Waals surface area contributed by atoms with Crippen molar-refractivity contribution in [3.63, 3.8) is 0 Å². The number of anilines is 1. The third-order valence-corrected chi connectivity index (χ3v) is 3.96. The van der Waals surface area contributed by atoms with Crippen molar-refractivity contribution in [2.24, 2.45) is 0 Å². The Bertz CT molecular complexity index is 400. The molecule has 0 aromatic carbocycles. The first kappa shape index (κ1) is 13.3. The molecule has 5 nitrogen and oxygen atoms in total. The topological polar surface area (TPSA) is 55.8 Å². The highest BCUT2D eigenvalue weighted by molar-refractivity contribution is 7.16. The number of aliphatic hydroxyl groups is 1. The zero-order valence-corrected chi connectivity index (χ0v) is 11.4. The van der Waals surface area contributed by atoms with Crippen molar-refractivity contribution in [2.45, 2.75) is 6.92 Å². The number of rotatable bonds is 3. The first-order chi connectivity index (χ1) is 8.69. The summed E-state index contributed by atoms with van der Waals surface area (Å²) >= 11 is 1.59. The Hall–Kier alpha value is -1.11. The van der Waals surface area contributed by atoms with Crippen LogP contribution in [0.3, 0.4) is 0 Å². The minimum atomic E-state index is -0.0273. The third-order valence-electron chi connectivity index (χ3n) is 3.05. The minimum absolute atomic E-state index is 0.0273. The van der Waals surface area contributed by atoms with E-state index in [9.17, 15) is 4.79 Å². The normalized spacial score (nSPS) is 16.9. The van der Waals surface area contributed by atoms with Crippen LogP contribution in [-0.2, 0) is 0 Å². The van der Waals surface area contributed by atoms with Crippen molar-refractivity contribution >= 4 is 22.4 Å². The van der Waals surface area contributed by atoms with E-state index in [1.54, 1.807) is 11.3 Å². The molecular weight excluding hydrogens is 250 g/mol. The van der Waals surface area contributed by atoms with E-state index in [0.29, 0.717) is 6.54 Å². The molecule has 1 fully saturated rings. The molecule has 0 saturated carbocycles. The summed E-state index contributed by atoms with van der Waals surface area (Å²) in [5, 5.41) is 12.7. The summed E-state index contributed by atoms with van der Waals surface area (Å²) in [6.07, 6.45) is 0. The second-order valence-corrected chi connectivity index (χ2v) is 5.68. The lowest BCUT2D eigenvalue weighted by molar-refractivity contribution is 0.127. The SMILES string of the molecule is Cc1ccc(NC(=O)N2CCN(CCO)CC2)s1. The Labute approximate surface area is 111 Å². The molecule has 2 heterocycles. The number of carbonyl (C=O) groups is 1. The van der Waals surface area contributed by atoms with Gasteiger partial charge in [0.05, 0.1) is 11.6 Å². The largest absolute Gasteiger partial charge is 0.395 e. The molecule has 2 N–H and O–H groups in total. The standard InChI is InChI=1S/C12H19N3O2S/c1-10-2-3-11(18-10)13-12(17)15-6-4-14(5-7-15)8-9-16/h2-3,16H,4-9H2,1H3,(H,13,17). The summed E-state index contributed by atoms with van der Waals surface area (Å²) in [5.74, 6) is 0. The molecule has 0 bridgehead atoms. The first-order valence-corrected chi connectivity index (χ1v) is 6.96. The van der Waals surface area contributed by atoms with Crippen LogP contribution in [0.2, 0.25) is 0 Å². The van der Waals surface area contributed by atoms with E-state index in [0.717, 1.165) is 31.2 Å². The van der Waals surface area contributed by atoms with Crippen molar-refractivity contribution < 1.29 is 9.90 Å². The Kier molecular flexibility index (Phi) is 4.57. The van der Waals surface area contributed by atoms with E-state index >= 15 is 0 Å². The molecule has 1 saturated heterocycles. The number of β-amino-alcohol motifs (C(OH)–C–C–N with tert-alkyl or cyclic N) is 1. The van der Waals surface area contributed by atoms with Gasteiger partial charge in [0.25, 0.3) is 0 Å². The highest BCUT2D eigenvalue weighted by Gasteiger charge is 2.20. The predicted molar refractivity (Wildman–Crippen MR) is 73.2 cm³/mol. The van der Waals surface area contributed by atoms with E-state index < -0.39 is 0 Å². The summed E-state index contributed by atoms with van der Waals surface area (Å²) < 4.78 is 0. The minimum Gasteiger partial charge on any atom is -0.395 e. The number of nitrogens with zero attached hydrogens (tertiary/aromatic N) is 2. The summed E-state index contributed by atoms with van der Waals surface area (Å²) in [6, 6.07) is 3.90. The van der Waals surface area contributed by atoms with Crippen molar-refractivity contribution in [3.05, 3.63) is 17.0 Å². The molecule has 0 unspecified atom stereocenters. The monoisotopic (exact) mass is 269 g/mol. The molecule has 6 heteroatoms. The Morgan fingerprint density at radius 2 is 2.11 bits per heavy atom. The summed E-state index contributed by atoms with van der Waals surface area (Å²) in [4.78, 5) is 17.2. The van der Waals surface area contributed by atoms with E-state index in [2.05, 4.69) is 10.2 Å². The number of hydrogen-bond acceptors (Lipinski definition) is 4. The quantitative estimate of drug-likeness (QED) is 0.867. The highest BCUT2D eigenvalue weighted by atomic mass is 32.1. The predicted octanol–water partition coefficient (Wildman–Crippen LogP) is 1.20. The number of urea groups is 1. The maximum atomic E-state index is 12.0. The van der Waals surface area contributed by atoms with Gasteiger partial charge in [0.2, 0.25) is 0 Å². The van der Waals surface area contributed by atoms with Gasteiger partial charge in [-0.05, 0) is 19.1 Å². The van der Waals surface area contributed by atoms with E-state index in [-0.39, 0.29) is 12.6 Å². The number of aliphatic hydroxyl groups excluding tert-OH is 1. The van der Waals surface area contributed by atoms with Crippen LogP contribution in [0.15, 0.2) is 12.1 Å². The molecule has 0 spiro atoms. The van der Waals surface area contributed by atoms with Crippen LogP contribution in [0.25, 0.3) is 0 Å². The van der Waals surface area contributed by atoms with Crippen molar-refractivity contribution in [1.82, 2.24) is 9.80 Å². The van der Waals surface area contributed by atoms with Gasteiger partial charge < -0.3 is 10.0 Å². The van der Waals surface area contributed by atoms with Gasteiger partial charge in [-0.3, -0.25) is 10.2 Å². The smallest absolute Gasteiger partial charge is 0.322 e. The Balaban J connectivity index is 1.80. The van der Waals surface area contributed by atoms with Crippen LogP contribution in [0.5, 0.6) is 0 Å². The molecular formula is C12H19N3O2S. The summed E-state index contributed by atoms with van der Waals surface area (Å²) in [5.41, 5.74) is 0. The van der Waals surface area contributed by atoms with Crippen LogP contribution in [0, 0.1) is 6.92 Å². The average molecular weight is 269 g/mol. The zero-order chi connectivity index (χ0) is 13.0. The second kappa shape index (κ2) is 6.17. The molecule has 100 valence electrons. The van der Waals surface area contributed by atoms with Gasteiger partial charge >= 0.3 is 6.03 Å². The number of piperazine rings is 1. The average Bonchev–Trinajstić information content (AvgIpc) is 2.76. The second-order valence-electron chi connectivity index (χ2n) is 4.39. The van der Waals surface area contributed by atoms with Gasteiger partial charge in [0.1, 0.15) is 0 Å². The van der Waals surface area contributed by atoms with E-state index in [4.69, 9.17) is 5.11 Å². The zero-order valence-electron chi connectivity index (χ0n) is 10.6. The highest BCUT2D eigenvalue weighted by Crippen LogP contribution is 2.21. The van der Waals surface area contributed by atoms with Gasteiger partial charge in [-0.1, -0.05) is 0 Å². The van der Waals surface area contributed by atoms with E-state index in [1.807, 2.05) is 24.0 Å². The van der Waals surface area contributed by atoms with Gasteiger partial charge in [-0.25, -0.2) is 4.79 Å². The number of amides is 2. The molecule has 2 amide bonds. The first-order valence-electron chi connectivity index (χ1n) is 6.14. The number of aryl methyl sites for hydroxylation is 1. The van der Waals surface area contributed by atoms with Gasteiger partial charge in [0.15, 0.2) is 0 Å². The summed E-state index contributed by atoms with van der Waals surface area (Å²) in [7, 11) is 0. The number of carbonyl (C=O) groups excluding carboxylic acids is 1. The lowest BCUT2D eigenvalue weighted by Gasteiger charge is -2.34. The number of thiophene rings is 1. The van der Waals surface area contributed by atoms with Crippen LogP contribution < -0.4 is 5.32 Å². The molecule has 18 heavy (non-hydrogen) atoms. The van der Waals surface area contributed by atoms with Crippen LogP contribution >= 0.6 is 11.3 Å². The molecule has 0 radical (unpaired) electrons. The molecule has 0 aliphatic carbocycles. The van der Waals surface area contributed by atoms with Crippen LogP contribution in [-0.4, -0.2) is 60.3 Å². The Morgan fingerprint density at radius 1 is 1.39 bits per heavy atom. The molecule has 1 aliphatic rings. The van der Waals surface area contributed by atoms with E-state index in [1.165, 1.54) is 4.88 Å². The molecule has 1 aliphatic heterocycles. The van der Waals surface area contributed by atoms with Crippen LogP contribution in [0.1, 0.15) is 4.88 Å². The molecule has 2 rings (SSSR count). The summed E-state index contributed by atoms with van der Waals surface area (Å²) in [6.45, 7) is 6.00. The van der Waals surface area contributed by atoms with Gasteiger partial charge in [-0.2, -0.15) is 0 Å². The van der Waals surface area contributed by atoms with Crippen molar-refractivity contribution in [2.75, 3.05) is 44.6 Å². The number of nitrogens with one attached hydrogen (secondary N) is 1. The Morgan fingerprint density at radius 3 is 2.67 bits per heavy atom. The molecule has 0 atom stereocenters. The maximum absolute atomic E-state index is 12.0. The van der Waals surface area contributed by atoms with Crippen molar-refractivity contribution in [3.8, 4) is 0 Å². The van der Waals surface area contributed by atoms with Crippen molar-refractivity contribution in [1.29, 1.82) is 0 Å². The molecule has 1 aromatic rings. The van der Waals surface area contributed by atoms with Gasteiger partial charge in [-0.15, -0.1) is 11.3 Å². The lowest BCUT2D eigenvalue weighted by atomic mass is 10.3. The fourth-order valence-corrected chi connectivity index (χ4v) is 2.76. The van der Waals surface area contributed by atoms with Gasteiger partial charge in [0, 0.05) is 37.6 Å². The maximum Gasteiger partial charge on any atom is 0.322 e. The fraction of sp³-hybridized carbons (Fsp3) is 0.583. The third kappa shape index (κ3) is 3.44.